The summed E-state index contributed by atoms with van der Waals surface area (Å²) in [5, 5.41) is 12.8. The number of benzene rings is 1. The van der Waals surface area contributed by atoms with Crippen LogP contribution in [0.4, 0.5) is 0 Å². The minimum atomic E-state index is -0.419. The van der Waals surface area contributed by atoms with E-state index in [1.807, 2.05) is 26.3 Å². The van der Waals surface area contributed by atoms with Crippen molar-refractivity contribution in [1.29, 1.82) is 0 Å². The number of hydrogen-bond acceptors (Lipinski definition) is 3. The summed E-state index contributed by atoms with van der Waals surface area (Å²) in [6.45, 7) is 0.589. The van der Waals surface area contributed by atoms with Crippen molar-refractivity contribution in [2.24, 2.45) is 0 Å². The van der Waals surface area contributed by atoms with E-state index in [9.17, 15) is 5.11 Å². The Kier molecular flexibility index (Phi) is 4.38. The fourth-order valence-corrected chi connectivity index (χ4v) is 2.29. The largest absolute Gasteiger partial charge is 0.387 e. The lowest BCUT2D eigenvalue weighted by Gasteiger charge is -2.14. The SMILES string of the molecule is CNCC(O)c1ccc(CCC2(OC)CC2)cc1. The van der Waals surface area contributed by atoms with E-state index >= 15 is 0 Å². The average molecular weight is 249 g/mol. The van der Waals surface area contributed by atoms with E-state index in [0.29, 0.717) is 6.54 Å². The molecule has 100 valence electrons. The Balaban J connectivity index is 1.87. The van der Waals surface area contributed by atoms with Gasteiger partial charge in [0.1, 0.15) is 0 Å². The summed E-state index contributed by atoms with van der Waals surface area (Å²) in [6, 6.07) is 8.26. The molecule has 0 radical (unpaired) electrons. The first-order valence-corrected chi connectivity index (χ1v) is 6.66. The van der Waals surface area contributed by atoms with Crippen molar-refractivity contribution in [3.63, 3.8) is 0 Å². The van der Waals surface area contributed by atoms with Crippen LogP contribution >= 0.6 is 0 Å². The maximum absolute atomic E-state index is 9.84. The lowest BCUT2D eigenvalue weighted by atomic mass is 10.0. The predicted molar refractivity (Wildman–Crippen MR) is 72.6 cm³/mol. The first kappa shape index (κ1) is 13.5. The Morgan fingerprint density at radius 3 is 2.50 bits per heavy atom. The quantitative estimate of drug-likeness (QED) is 0.777. The fraction of sp³-hybridized carbons (Fsp3) is 0.600. The molecule has 1 atom stereocenters. The molecule has 0 aromatic heterocycles. The van der Waals surface area contributed by atoms with Gasteiger partial charge in [-0.05, 0) is 43.9 Å². The lowest BCUT2D eigenvalue weighted by molar-refractivity contribution is 0.0731. The molecule has 3 nitrogen and oxygen atoms in total. The molecule has 0 aliphatic heterocycles. The molecule has 18 heavy (non-hydrogen) atoms. The van der Waals surface area contributed by atoms with Crippen LogP contribution in [-0.4, -0.2) is 31.4 Å². The van der Waals surface area contributed by atoms with Crippen molar-refractivity contribution in [2.75, 3.05) is 20.7 Å². The third-order valence-electron chi connectivity index (χ3n) is 3.87. The van der Waals surface area contributed by atoms with E-state index in [0.717, 1.165) is 18.4 Å². The number of aliphatic hydroxyl groups is 1. The summed E-state index contributed by atoms with van der Waals surface area (Å²) in [7, 11) is 3.65. The second-order valence-electron chi connectivity index (χ2n) is 5.20. The second-order valence-corrected chi connectivity index (χ2v) is 5.20. The van der Waals surface area contributed by atoms with Gasteiger partial charge in [0.25, 0.3) is 0 Å². The molecule has 2 rings (SSSR count). The number of ether oxygens (including phenoxy) is 1. The summed E-state index contributed by atoms with van der Waals surface area (Å²) in [4.78, 5) is 0. The number of nitrogens with one attached hydrogen (secondary N) is 1. The molecule has 1 fully saturated rings. The van der Waals surface area contributed by atoms with Crippen molar-refractivity contribution in [3.05, 3.63) is 35.4 Å². The van der Waals surface area contributed by atoms with Gasteiger partial charge in [-0.25, -0.2) is 0 Å². The van der Waals surface area contributed by atoms with Gasteiger partial charge in [-0.1, -0.05) is 24.3 Å². The molecule has 2 N–H and O–H groups in total. The average Bonchev–Trinajstić information content (AvgIpc) is 3.18. The number of aryl methyl sites for hydroxylation is 1. The van der Waals surface area contributed by atoms with Gasteiger partial charge in [-0.2, -0.15) is 0 Å². The van der Waals surface area contributed by atoms with E-state index in [1.54, 1.807) is 0 Å². The van der Waals surface area contributed by atoms with Gasteiger partial charge in [0, 0.05) is 13.7 Å². The normalized spacial score (nSPS) is 18.6. The Labute approximate surface area is 109 Å². The number of aliphatic hydroxyl groups excluding tert-OH is 1. The molecule has 1 aliphatic rings. The summed E-state index contributed by atoms with van der Waals surface area (Å²) < 4.78 is 5.52. The highest BCUT2D eigenvalue weighted by Crippen LogP contribution is 2.42. The van der Waals surface area contributed by atoms with Gasteiger partial charge >= 0.3 is 0 Å². The van der Waals surface area contributed by atoms with Crippen LogP contribution in [0.1, 0.15) is 36.5 Å². The highest BCUT2D eigenvalue weighted by atomic mass is 16.5. The molecule has 3 heteroatoms. The molecule has 1 saturated carbocycles. The Hall–Kier alpha value is -0.900. The molecule has 0 saturated heterocycles. The van der Waals surface area contributed by atoms with Crippen LogP contribution < -0.4 is 5.32 Å². The zero-order valence-corrected chi connectivity index (χ0v) is 11.3. The minimum Gasteiger partial charge on any atom is -0.387 e. The highest BCUT2D eigenvalue weighted by molar-refractivity contribution is 5.25. The van der Waals surface area contributed by atoms with Crippen molar-refractivity contribution in [3.8, 4) is 0 Å². The summed E-state index contributed by atoms with van der Waals surface area (Å²) in [6.07, 6.45) is 4.13. The number of hydrogen-bond donors (Lipinski definition) is 2. The monoisotopic (exact) mass is 249 g/mol. The zero-order chi connectivity index (χ0) is 13.0. The molecule has 0 bridgehead atoms. The topological polar surface area (TPSA) is 41.5 Å². The van der Waals surface area contributed by atoms with E-state index in [4.69, 9.17) is 4.74 Å². The molecule has 1 aromatic carbocycles. The van der Waals surface area contributed by atoms with E-state index in [1.165, 1.54) is 18.4 Å². The fourth-order valence-electron chi connectivity index (χ4n) is 2.29. The summed E-state index contributed by atoms with van der Waals surface area (Å²) in [5.41, 5.74) is 2.46. The number of likely N-dealkylation sites (N-methyl/N-ethyl adjacent to an activating group) is 1. The van der Waals surface area contributed by atoms with E-state index < -0.39 is 6.10 Å². The molecule has 1 unspecified atom stereocenters. The van der Waals surface area contributed by atoms with Crippen LogP contribution in [-0.2, 0) is 11.2 Å². The lowest BCUT2D eigenvalue weighted by Crippen LogP contribution is -2.16. The van der Waals surface area contributed by atoms with E-state index in [-0.39, 0.29) is 5.60 Å². The highest BCUT2D eigenvalue weighted by Gasteiger charge is 2.42. The van der Waals surface area contributed by atoms with Crippen LogP contribution in [0.15, 0.2) is 24.3 Å². The van der Waals surface area contributed by atoms with Crippen LogP contribution in [0.25, 0.3) is 0 Å². The van der Waals surface area contributed by atoms with Crippen molar-refractivity contribution < 1.29 is 9.84 Å². The Morgan fingerprint density at radius 2 is 2.00 bits per heavy atom. The second kappa shape index (κ2) is 5.83. The van der Waals surface area contributed by atoms with Crippen LogP contribution in [0.2, 0.25) is 0 Å². The maximum atomic E-state index is 9.84. The smallest absolute Gasteiger partial charge is 0.0914 e. The predicted octanol–water partition coefficient (Wildman–Crippen LogP) is 2.05. The zero-order valence-electron chi connectivity index (χ0n) is 11.3. The van der Waals surface area contributed by atoms with Crippen LogP contribution in [0.3, 0.4) is 0 Å². The van der Waals surface area contributed by atoms with E-state index in [2.05, 4.69) is 17.4 Å². The van der Waals surface area contributed by atoms with Gasteiger partial charge < -0.3 is 15.2 Å². The summed E-state index contributed by atoms with van der Waals surface area (Å²) >= 11 is 0. The summed E-state index contributed by atoms with van der Waals surface area (Å²) in [5.74, 6) is 0. The van der Waals surface area contributed by atoms with Crippen molar-refractivity contribution in [2.45, 2.75) is 37.4 Å². The van der Waals surface area contributed by atoms with Gasteiger partial charge in [0.05, 0.1) is 11.7 Å². The molecule has 1 aromatic rings. The van der Waals surface area contributed by atoms with Crippen molar-refractivity contribution >= 4 is 0 Å². The molecule has 0 amide bonds. The molecule has 1 aliphatic carbocycles. The third-order valence-corrected chi connectivity index (χ3v) is 3.87. The van der Waals surface area contributed by atoms with Gasteiger partial charge in [-0.3, -0.25) is 0 Å². The Morgan fingerprint density at radius 1 is 1.33 bits per heavy atom. The maximum Gasteiger partial charge on any atom is 0.0914 e. The minimum absolute atomic E-state index is 0.171. The van der Waals surface area contributed by atoms with Crippen molar-refractivity contribution in [1.82, 2.24) is 5.32 Å². The van der Waals surface area contributed by atoms with Gasteiger partial charge in [0.2, 0.25) is 0 Å². The first-order chi connectivity index (χ1) is 8.69. The standard InChI is InChI=1S/C15H23NO2/c1-16-11-14(17)13-5-3-12(4-6-13)7-8-15(18-2)9-10-15/h3-6,14,16-17H,7-11H2,1-2H3. The van der Waals surface area contributed by atoms with Crippen LogP contribution in [0.5, 0.6) is 0 Å². The first-order valence-electron chi connectivity index (χ1n) is 6.66. The van der Waals surface area contributed by atoms with Gasteiger partial charge in [-0.15, -0.1) is 0 Å². The molecule has 0 heterocycles. The van der Waals surface area contributed by atoms with Crippen LogP contribution in [0, 0.1) is 0 Å². The molecular formula is C15H23NO2. The number of methoxy groups -OCH3 is 1. The number of rotatable bonds is 7. The molecule has 0 spiro atoms. The Bertz CT molecular complexity index is 371. The van der Waals surface area contributed by atoms with Gasteiger partial charge in [0.15, 0.2) is 0 Å². The molecular weight excluding hydrogens is 226 g/mol. The third kappa shape index (κ3) is 3.31.